The lowest BCUT2D eigenvalue weighted by Crippen LogP contribution is -2.69. The van der Waals surface area contributed by atoms with Gasteiger partial charge in [-0.25, -0.2) is 0 Å². The Morgan fingerprint density at radius 3 is 2.45 bits per heavy atom. The van der Waals surface area contributed by atoms with Gasteiger partial charge in [-0.3, -0.25) is 19.8 Å². The molecule has 1 aromatic carbocycles. The topological polar surface area (TPSA) is 88.2 Å². The van der Waals surface area contributed by atoms with Gasteiger partial charge >= 0.3 is 0 Å². The molecule has 1 aromatic rings. The van der Waals surface area contributed by atoms with E-state index >= 15 is 0 Å². The summed E-state index contributed by atoms with van der Waals surface area (Å²) in [6, 6.07) is 8.17. The van der Waals surface area contributed by atoms with Crippen LogP contribution < -0.4 is 15.5 Å². The lowest BCUT2D eigenvalue weighted by molar-refractivity contribution is -0.134. The number of hydrogen-bond donors (Lipinski definition) is 3. The van der Waals surface area contributed by atoms with Crippen LogP contribution in [0.25, 0.3) is 0 Å². The second-order valence-electron chi connectivity index (χ2n) is 10.2. The van der Waals surface area contributed by atoms with E-state index in [4.69, 9.17) is 0 Å². The Morgan fingerprint density at radius 1 is 1.03 bits per heavy atom. The molecule has 5 atom stereocenters. The van der Waals surface area contributed by atoms with E-state index in [1.165, 1.54) is 6.42 Å². The van der Waals surface area contributed by atoms with Crippen LogP contribution in [0, 0.1) is 11.8 Å². The third-order valence-corrected chi connectivity index (χ3v) is 8.11. The second-order valence-corrected chi connectivity index (χ2v) is 10.2. The highest BCUT2D eigenvalue weighted by molar-refractivity contribution is 5.94. The quantitative estimate of drug-likeness (QED) is 0.633. The Bertz CT molecular complexity index is 852. The van der Waals surface area contributed by atoms with Crippen LogP contribution in [0.2, 0.25) is 0 Å². The highest BCUT2D eigenvalue weighted by Crippen LogP contribution is 2.28. The summed E-state index contributed by atoms with van der Waals surface area (Å²) in [6.45, 7) is 6.47. The van der Waals surface area contributed by atoms with Crippen molar-refractivity contribution in [2.75, 3.05) is 44.2 Å². The number of hydrogen-bond acceptors (Lipinski definition) is 6. The highest BCUT2D eigenvalue weighted by atomic mass is 16.3. The fourth-order valence-corrected chi connectivity index (χ4v) is 5.92. The Labute approximate surface area is 196 Å². The lowest BCUT2D eigenvalue weighted by atomic mass is 9.82. The number of anilines is 1. The third kappa shape index (κ3) is 4.74. The van der Waals surface area contributed by atoms with Gasteiger partial charge in [-0.2, -0.15) is 0 Å². The van der Waals surface area contributed by atoms with Crippen molar-refractivity contribution in [3.8, 4) is 0 Å². The number of aliphatic hydroxyl groups excluding tert-OH is 1. The van der Waals surface area contributed by atoms with Gasteiger partial charge in [-0.15, -0.1) is 0 Å². The molecule has 0 bridgehead atoms. The van der Waals surface area contributed by atoms with E-state index in [1.807, 2.05) is 36.1 Å². The highest BCUT2D eigenvalue weighted by Gasteiger charge is 2.40. The number of nitrogens with zero attached hydrogens (tertiary/aromatic N) is 3. The summed E-state index contributed by atoms with van der Waals surface area (Å²) >= 11 is 0. The summed E-state index contributed by atoms with van der Waals surface area (Å²) in [6.07, 6.45) is 4.98. The fraction of sp³-hybridized carbons (Fsp3) is 0.680. The summed E-state index contributed by atoms with van der Waals surface area (Å²) in [5.74, 6) is 0.673. The lowest BCUT2D eigenvalue weighted by Gasteiger charge is -2.46. The van der Waals surface area contributed by atoms with Crippen molar-refractivity contribution in [1.82, 2.24) is 20.4 Å². The zero-order valence-corrected chi connectivity index (χ0v) is 19.6. The maximum Gasteiger partial charge on any atom is 0.253 e. The van der Waals surface area contributed by atoms with E-state index in [2.05, 4.69) is 20.4 Å². The number of benzene rings is 1. The van der Waals surface area contributed by atoms with Crippen LogP contribution >= 0.6 is 0 Å². The van der Waals surface area contributed by atoms with Crippen molar-refractivity contribution in [1.29, 1.82) is 0 Å². The fourth-order valence-electron chi connectivity index (χ4n) is 5.92. The van der Waals surface area contributed by atoms with E-state index < -0.39 is 0 Å². The summed E-state index contributed by atoms with van der Waals surface area (Å²) in [5, 5.41) is 16.6. The summed E-state index contributed by atoms with van der Waals surface area (Å²) < 4.78 is 0. The number of carbonyl (C=O) groups excluding carboxylic acids is 2. The molecule has 1 aliphatic carbocycles. The van der Waals surface area contributed by atoms with Crippen molar-refractivity contribution in [2.45, 2.75) is 57.5 Å². The van der Waals surface area contributed by atoms with Gasteiger partial charge in [0.15, 0.2) is 0 Å². The zero-order chi connectivity index (χ0) is 22.9. The van der Waals surface area contributed by atoms with Crippen molar-refractivity contribution in [2.24, 2.45) is 11.8 Å². The zero-order valence-electron chi connectivity index (χ0n) is 19.6. The van der Waals surface area contributed by atoms with Gasteiger partial charge in [0, 0.05) is 62.5 Å². The average Bonchev–Trinajstić information content (AvgIpc) is 3.35. The van der Waals surface area contributed by atoms with Crippen LogP contribution in [0.3, 0.4) is 0 Å². The SMILES string of the molecule is CC(O)C1CCN(c2ccc(C(=O)N3CCN(C4NC(=O)C5CCCCC5N4)CC3)cc2)C1. The monoisotopic (exact) mass is 455 g/mol. The van der Waals surface area contributed by atoms with Gasteiger partial charge in [0.25, 0.3) is 5.91 Å². The molecule has 1 saturated carbocycles. The molecule has 4 aliphatic rings. The van der Waals surface area contributed by atoms with Gasteiger partial charge < -0.3 is 20.2 Å². The van der Waals surface area contributed by atoms with Crippen LogP contribution in [-0.4, -0.2) is 84.4 Å². The van der Waals surface area contributed by atoms with Crippen LogP contribution in [0.4, 0.5) is 5.69 Å². The average molecular weight is 456 g/mol. The molecule has 3 aliphatic heterocycles. The molecule has 0 spiro atoms. The molecular formula is C25H37N5O3. The first-order valence-corrected chi connectivity index (χ1v) is 12.6. The minimum Gasteiger partial charge on any atom is -0.393 e. The molecule has 3 N–H and O–H groups in total. The maximum absolute atomic E-state index is 13.1. The van der Waals surface area contributed by atoms with Crippen LogP contribution in [0.1, 0.15) is 49.4 Å². The molecule has 0 radical (unpaired) electrons. The number of amides is 2. The molecule has 0 aromatic heterocycles. The molecule has 8 nitrogen and oxygen atoms in total. The van der Waals surface area contributed by atoms with E-state index in [0.29, 0.717) is 24.6 Å². The normalized spacial score (nSPS) is 31.8. The van der Waals surface area contributed by atoms with Gasteiger partial charge in [-0.1, -0.05) is 12.8 Å². The molecule has 180 valence electrons. The third-order valence-electron chi connectivity index (χ3n) is 8.11. The van der Waals surface area contributed by atoms with Gasteiger partial charge in [0.1, 0.15) is 6.29 Å². The molecule has 33 heavy (non-hydrogen) atoms. The molecule has 3 heterocycles. The van der Waals surface area contributed by atoms with Crippen LogP contribution in [0.5, 0.6) is 0 Å². The number of fused-ring (bicyclic) bond motifs is 1. The van der Waals surface area contributed by atoms with Gasteiger partial charge in [0.05, 0.1) is 12.0 Å². The van der Waals surface area contributed by atoms with Gasteiger partial charge in [0.2, 0.25) is 5.91 Å². The van der Waals surface area contributed by atoms with Crippen molar-refractivity contribution in [3.63, 3.8) is 0 Å². The Hall–Kier alpha value is -2.16. The summed E-state index contributed by atoms with van der Waals surface area (Å²) in [5.41, 5.74) is 1.83. The first kappa shape index (κ1) is 22.6. The molecule has 5 unspecified atom stereocenters. The maximum atomic E-state index is 13.1. The van der Waals surface area contributed by atoms with E-state index in [0.717, 1.165) is 57.5 Å². The Morgan fingerprint density at radius 2 is 1.76 bits per heavy atom. The molecule has 2 amide bonds. The second kappa shape index (κ2) is 9.60. The Balaban J connectivity index is 1.14. The van der Waals surface area contributed by atoms with Crippen molar-refractivity contribution < 1.29 is 14.7 Å². The minimum atomic E-state index is -0.282. The minimum absolute atomic E-state index is 0.0671. The largest absolute Gasteiger partial charge is 0.393 e. The standard InChI is InChI=1S/C25H37N5O3/c1-17(31)19-10-11-30(16-19)20-8-6-18(7-9-20)24(33)28-12-14-29(15-13-28)25-26-22-5-3-2-4-21(22)23(32)27-25/h6-9,17,19,21-22,25-26,31H,2-5,10-16H2,1H3,(H,27,32). The van der Waals surface area contributed by atoms with Crippen molar-refractivity contribution >= 4 is 17.5 Å². The molecule has 4 fully saturated rings. The predicted molar refractivity (Wildman–Crippen MR) is 127 cm³/mol. The van der Waals surface area contributed by atoms with Crippen LogP contribution in [-0.2, 0) is 4.79 Å². The molecule has 5 rings (SSSR count). The Kier molecular flexibility index (Phi) is 6.58. The molecule has 8 heteroatoms. The number of carbonyl (C=O) groups is 2. The van der Waals surface area contributed by atoms with Gasteiger partial charge in [-0.05, 0) is 50.5 Å². The molecular weight excluding hydrogens is 418 g/mol. The predicted octanol–water partition coefficient (Wildman–Crippen LogP) is 1.21. The smallest absolute Gasteiger partial charge is 0.253 e. The van der Waals surface area contributed by atoms with E-state index in [-0.39, 0.29) is 36.2 Å². The summed E-state index contributed by atoms with van der Waals surface area (Å²) in [4.78, 5) is 32.1. The van der Waals surface area contributed by atoms with E-state index in [9.17, 15) is 14.7 Å². The number of rotatable bonds is 4. The number of piperazine rings is 1. The van der Waals surface area contributed by atoms with Crippen LogP contribution in [0.15, 0.2) is 24.3 Å². The number of aliphatic hydroxyl groups is 1. The first-order valence-electron chi connectivity index (χ1n) is 12.6. The number of nitrogens with one attached hydrogen (secondary N) is 2. The first-order chi connectivity index (χ1) is 16.0. The van der Waals surface area contributed by atoms with E-state index in [1.54, 1.807) is 0 Å². The molecule has 3 saturated heterocycles. The summed E-state index contributed by atoms with van der Waals surface area (Å²) in [7, 11) is 0. The van der Waals surface area contributed by atoms with Crippen molar-refractivity contribution in [3.05, 3.63) is 29.8 Å².